The van der Waals surface area contributed by atoms with Gasteiger partial charge in [0.1, 0.15) is 10.6 Å². The smallest absolute Gasteiger partial charge is 0.352 e. The Kier molecular flexibility index (Phi) is 4.17. The fourth-order valence-electron chi connectivity index (χ4n) is 2.65. The molecule has 2 rings (SSSR count). The number of sulfonamides is 1. The predicted molar refractivity (Wildman–Crippen MR) is 78.8 cm³/mol. The maximum Gasteiger partial charge on any atom is 0.352 e. The molecule has 0 bridgehead atoms. The molecule has 1 aromatic rings. The van der Waals surface area contributed by atoms with Crippen LogP contribution in [0, 0.1) is 5.41 Å². The Labute approximate surface area is 125 Å². The minimum Gasteiger partial charge on any atom is -0.477 e. The van der Waals surface area contributed by atoms with Crippen LogP contribution in [0.2, 0.25) is 0 Å². The molecule has 1 aromatic heterocycles. The quantitative estimate of drug-likeness (QED) is 0.901. The van der Waals surface area contributed by atoms with E-state index in [1.54, 1.807) is 0 Å². The number of nitrogens with zero attached hydrogens (tertiary/aromatic N) is 2. The van der Waals surface area contributed by atoms with Crippen molar-refractivity contribution in [3.8, 4) is 0 Å². The van der Waals surface area contributed by atoms with Crippen LogP contribution in [-0.4, -0.2) is 41.5 Å². The molecule has 0 aliphatic carbocycles. The summed E-state index contributed by atoms with van der Waals surface area (Å²) in [6.07, 6.45) is 2.99. The Morgan fingerprint density at radius 2 is 2.10 bits per heavy atom. The van der Waals surface area contributed by atoms with Crippen molar-refractivity contribution in [2.24, 2.45) is 5.41 Å². The van der Waals surface area contributed by atoms with E-state index in [0.717, 1.165) is 12.8 Å². The number of hydrogen-bond donors (Lipinski definition) is 1. The lowest BCUT2D eigenvalue weighted by Crippen LogP contribution is -2.30. The second kappa shape index (κ2) is 5.46. The van der Waals surface area contributed by atoms with Crippen molar-refractivity contribution in [2.45, 2.75) is 45.1 Å². The van der Waals surface area contributed by atoms with E-state index in [0.29, 0.717) is 19.6 Å². The zero-order valence-electron chi connectivity index (χ0n) is 12.7. The number of carboxylic acid groups (broad SMARTS) is 1. The van der Waals surface area contributed by atoms with Gasteiger partial charge in [0.25, 0.3) is 0 Å². The Bertz CT molecular complexity index is 646. The number of carboxylic acids is 1. The van der Waals surface area contributed by atoms with Crippen LogP contribution >= 0.6 is 0 Å². The number of aromatic nitrogens is 1. The number of rotatable bonds is 5. The van der Waals surface area contributed by atoms with Gasteiger partial charge in [-0.05, 0) is 24.3 Å². The van der Waals surface area contributed by atoms with Crippen molar-refractivity contribution in [1.82, 2.24) is 8.87 Å². The molecule has 0 amide bonds. The molecule has 1 saturated heterocycles. The highest BCUT2D eigenvalue weighted by Gasteiger charge is 2.37. The second-order valence-corrected chi connectivity index (χ2v) is 8.25. The molecule has 7 heteroatoms. The van der Waals surface area contributed by atoms with Gasteiger partial charge in [0.05, 0.1) is 0 Å². The molecule has 21 heavy (non-hydrogen) atoms. The van der Waals surface area contributed by atoms with Crippen molar-refractivity contribution >= 4 is 16.0 Å². The van der Waals surface area contributed by atoms with Crippen LogP contribution in [0.5, 0.6) is 0 Å². The first kappa shape index (κ1) is 16.0. The molecule has 1 N–H and O–H groups in total. The van der Waals surface area contributed by atoms with Crippen molar-refractivity contribution in [3.05, 3.63) is 18.0 Å². The van der Waals surface area contributed by atoms with E-state index in [1.165, 1.54) is 21.1 Å². The summed E-state index contributed by atoms with van der Waals surface area (Å²) in [4.78, 5) is 11.3. The van der Waals surface area contributed by atoms with Crippen LogP contribution in [0.4, 0.5) is 0 Å². The van der Waals surface area contributed by atoms with E-state index in [2.05, 4.69) is 0 Å². The third kappa shape index (κ3) is 3.13. The number of aryl methyl sites for hydroxylation is 1. The molecule has 0 saturated carbocycles. The first-order chi connectivity index (χ1) is 9.67. The molecule has 6 nitrogen and oxygen atoms in total. The molecule has 0 aromatic carbocycles. The molecular formula is C14H22N2O4S. The summed E-state index contributed by atoms with van der Waals surface area (Å²) >= 11 is 0. The summed E-state index contributed by atoms with van der Waals surface area (Å²) in [5, 5.41) is 9.19. The van der Waals surface area contributed by atoms with Gasteiger partial charge in [-0.15, -0.1) is 0 Å². The molecule has 2 heterocycles. The lowest BCUT2D eigenvalue weighted by molar-refractivity contribution is 0.0685. The van der Waals surface area contributed by atoms with E-state index >= 15 is 0 Å². The SMILES string of the molecule is CCCn1cc(S(=O)(=O)N2CCC(C)(C)C2)cc1C(=O)O. The fraction of sp³-hybridized carbons (Fsp3) is 0.643. The van der Waals surface area contributed by atoms with E-state index in [1.807, 2.05) is 20.8 Å². The van der Waals surface area contributed by atoms with E-state index in [-0.39, 0.29) is 16.0 Å². The molecule has 0 unspecified atom stereocenters. The lowest BCUT2D eigenvalue weighted by atomic mass is 9.93. The van der Waals surface area contributed by atoms with Gasteiger partial charge in [-0.1, -0.05) is 20.8 Å². The highest BCUT2D eigenvalue weighted by Crippen LogP contribution is 2.33. The zero-order chi connectivity index (χ0) is 15.8. The molecule has 1 fully saturated rings. The fourth-order valence-corrected chi connectivity index (χ4v) is 4.32. The third-order valence-electron chi connectivity index (χ3n) is 3.84. The molecule has 0 atom stereocenters. The molecule has 118 valence electrons. The average Bonchev–Trinajstić information content (AvgIpc) is 2.94. The summed E-state index contributed by atoms with van der Waals surface area (Å²) in [5.74, 6) is -1.10. The van der Waals surface area contributed by atoms with Crippen molar-refractivity contribution < 1.29 is 18.3 Å². The Balaban J connectivity index is 2.37. The Morgan fingerprint density at radius 3 is 2.57 bits per heavy atom. The van der Waals surface area contributed by atoms with Gasteiger partial charge < -0.3 is 9.67 Å². The standard InChI is InChI=1S/C14H22N2O4S/c1-4-6-15-9-11(8-12(15)13(17)18)21(19,20)16-7-5-14(2,3)10-16/h8-9H,4-7,10H2,1-3H3,(H,17,18). The summed E-state index contributed by atoms with van der Waals surface area (Å²) < 4.78 is 28.2. The zero-order valence-corrected chi connectivity index (χ0v) is 13.5. The van der Waals surface area contributed by atoms with Crippen LogP contribution < -0.4 is 0 Å². The maximum atomic E-state index is 12.6. The largest absolute Gasteiger partial charge is 0.477 e. The molecule has 1 aliphatic rings. The van der Waals surface area contributed by atoms with Crippen LogP contribution in [0.15, 0.2) is 17.2 Å². The molecule has 0 spiro atoms. The third-order valence-corrected chi connectivity index (χ3v) is 5.65. The van der Waals surface area contributed by atoms with Gasteiger partial charge in [-0.25, -0.2) is 13.2 Å². The van der Waals surface area contributed by atoms with Crippen molar-refractivity contribution in [1.29, 1.82) is 0 Å². The number of hydrogen-bond acceptors (Lipinski definition) is 3. The van der Waals surface area contributed by atoms with E-state index in [4.69, 9.17) is 0 Å². The summed E-state index contributed by atoms with van der Waals surface area (Å²) in [5.41, 5.74) is -0.0109. The summed E-state index contributed by atoms with van der Waals surface area (Å²) in [6, 6.07) is 1.26. The summed E-state index contributed by atoms with van der Waals surface area (Å²) in [7, 11) is -3.61. The molecule has 1 aliphatic heterocycles. The monoisotopic (exact) mass is 314 g/mol. The highest BCUT2D eigenvalue weighted by molar-refractivity contribution is 7.89. The van der Waals surface area contributed by atoms with Gasteiger partial charge in [0, 0.05) is 25.8 Å². The van der Waals surface area contributed by atoms with Crippen molar-refractivity contribution in [3.63, 3.8) is 0 Å². The van der Waals surface area contributed by atoms with Crippen LogP contribution in [0.1, 0.15) is 44.1 Å². The lowest BCUT2D eigenvalue weighted by Gasteiger charge is -2.19. The minimum atomic E-state index is -3.61. The van der Waals surface area contributed by atoms with Crippen molar-refractivity contribution in [2.75, 3.05) is 13.1 Å². The van der Waals surface area contributed by atoms with Gasteiger partial charge >= 0.3 is 5.97 Å². The highest BCUT2D eigenvalue weighted by atomic mass is 32.2. The van der Waals surface area contributed by atoms with Gasteiger partial charge in [-0.2, -0.15) is 4.31 Å². The maximum absolute atomic E-state index is 12.6. The average molecular weight is 314 g/mol. The first-order valence-electron chi connectivity index (χ1n) is 7.11. The van der Waals surface area contributed by atoms with E-state index in [9.17, 15) is 18.3 Å². The summed E-state index contributed by atoms with van der Waals surface area (Å²) in [6.45, 7) is 7.43. The first-order valence-corrected chi connectivity index (χ1v) is 8.55. The van der Waals surface area contributed by atoms with E-state index < -0.39 is 16.0 Å². The Hall–Kier alpha value is -1.34. The van der Waals surface area contributed by atoms with Gasteiger partial charge in [0.15, 0.2) is 0 Å². The normalized spacial score (nSPS) is 19.0. The van der Waals surface area contributed by atoms with Crippen LogP contribution in [0.3, 0.4) is 0 Å². The molecular weight excluding hydrogens is 292 g/mol. The second-order valence-electron chi connectivity index (χ2n) is 6.31. The van der Waals surface area contributed by atoms with Gasteiger partial charge in [0.2, 0.25) is 10.0 Å². The minimum absolute atomic E-state index is 0.0221. The molecule has 0 radical (unpaired) electrons. The Morgan fingerprint density at radius 1 is 1.43 bits per heavy atom. The van der Waals surface area contributed by atoms with Gasteiger partial charge in [-0.3, -0.25) is 0 Å². The predicted octanol–water partition coefficient (Wildman–Crippen LogP) is 2.02. The number of carbonyl (C=O) groups is 1. The van der Waals surface area contributed by atoms with Crippen LogP contribution in [0.25, 0.3) is 0 Å². The van der Waals surface area contributed by atoms with Crippen LogP contribution in [-0.2, 0) is 16.6 Å². The topological polar surface area (TPSA) is 79.6 Å². The number of aromatic carboxylic acids is 1.